The molecule has 32 heavy (non-hydrogen) atoms. The van der Waals surface area contributed by atoms with Gasteiger partial charge in [0, 0.05) is 5.39 Å². The molecule has 0 amide bonds. The summed E-state index contributed by atoms with van der Waals surface area (Å²) in [7, 11) is 0. The normalized spacial score (nSPS) is 11.5. The van der Waals surface area contributed by atoms with Crippen LogP contribution in [0.3, 0.4) is 0 Å². The minimum absolute atomic E-state index is 0.102. The summed E-state index contributed by atoms with van der Waals surface area (Å²) < 4.78 is 28.8. The second kappa shape index (κ2) is 10.1. The lowest BCUT2D eigenvalue weighted by Gasteiger charge is -2.10. The minimum atomic E-state index is -0.443. The molecule has 0 bridgehead atoms. The van der Waals surface area contributed by atoms with E-state index in [0.29, 0.717) is 23.8 Å². The Balaban J connectivity index is 1.52. The standard InChI is InChI=1S/C29H25ClF2/c1-2-3-4-5-20-6-10-22(11-7-20)24-15-16-26-25(19-24)14-13-23(29(26)32)12-8-21-9-17-27(30)28(31)18-21/h2-3,6-7,9-11,13-19H,4-5,8,12H2,1H3/b3-2+. The van der Waals surface area contributed by atoms with E-state index in [0.717, 1.165) is 34.9 Å². The Bertz CT molecular complexity index is 1260. The van der Waals surface area contributed by atoms with Crippen LogP contribution in [0.15, 0.2) is 84.9 Å². The van der Waals surface area contributed by atoms with Crippen LogP contribution in [-0.2, 0) is 19.3 Å². The predicted molar refractivity (Wildman–Crippen MR) is 131 cm³/mol. The van der Waals surface area contributed by atoms with Crippen molar-refractivity contribution < 1.29 is 8.78 Å². The molecule has 0 aromatic heterocycles. The van der Waals surface area contributed by atoms with Crippen LogP contribution in [0.1, 0.15) is 30.0 Å². The molecule has 4 aromatic rings. The molecule has 4 rings (SSSR count). The number of fused-ring (bicyclic) bond motifs is 1. The first kappa shape index (κ1) is 22.2. The first-order chi connectivity index (χ1) is 15.5. The van der Waals surface area contributed by atoms with Gasteiger partial charge in [0.25, 0.3) is 0 Å². The average Bonchev–Trinajstić information content (AvgIpc) is 2.81. The molecule has 0 heterocycles. The van der Waals surface area contributed by atoms with E-state index >= 15 is 4.39 Å². The van der Waals surface area contributed by atoms with Gasteiger partial charge in [0.15, 0.2) is 0 Å². The van der Waals surface area contributed by atoms with Crippen molar-refractivity contribution in [3.8, 4) is 11.1 Å². The van der Waals surface area contributed by atoms with E-state index < -0.39 is 5.82 Å². The van der Waals surface area contributed by atoms with Crippen LogP contribution >= 0.6 is 11.6 Å². The predicted octanol–water partition coefficient (Wildman–Crippen LogP) is 8.73. The van der Waals surface area contributed by atoms with Crippen LogP contribution in [-0.4, -0.2) is 0 Å². The molecule has 0 atom stereocenters. The van der Waals surface area contributed by atoms with Gasteiger partial charge in [0.05, 0.1) is 5.02 Å². The molecule has 0 aliphatic rings. The number of hydrogen-bond acceptors (Lipinski definition) is 0. The molecule has 0 radical (unpaired) electrons. The molecule has 0 spiro atoms. The lowest BCUT2D eigenvalue weighted by molar-refractivity contribution is 0.617. The van der Waals surface area contributed by atoms with Gasteiger partial charge >= 0.3 is 0 Å². The fourth-order valence-corrected chi connectivity index (χ4v) is 4.08. The van der Waals surface area contributed by atoms with Crippen LogP contribution in [0, 0.1) is 11.6 Å². The van der Waals surface area contributed by atoms with Crippen LogP contribution in [0.4, 0.5) is 8.78 Å². The molecule has 0 aliphatic carbocycles. The van der Waals surface area contributed by atoms with Crippen molar-refractivity contribution in [3.63, 3.8) is 0 Å². The number of benzene rings is 4. The van der Waals surface area contributed by atoms with E-state index in [1.54, 1.807) is 12.1 Å². The maximum Gasteiger partial charge on any atom is 0.142 e. The molecule has 0 aliphatic heterocycles. The van der Waals surface area contributed by atoms with Gasteiger partial charge in [-0.2, -0.15) is 0 Å². The molecule has 0 saturated carbocycles. The van der Waals surface area contributed by atoms with Gasteiger partial charge in [0.2, 0.25) is 0 Å². The van der Waals surface area contributed by atoms with Gasteiger partial charge in [-0.05, 0) is 84.0 Å². The molecule has 0 saturated heterocycles. The first-order valence-electron chi connectivity index (χ1n) is 10.9. The molecular weight excluding hydrogens is 422 g/mol. The van der Waals surface area contributed by atoms with Crippen LogP contribution in [0.5, 0.6) is 0 Å². The van der Waals surface area contributed by atoms with Crippen molar-refractivity contribution in [2.24, 2.45) is 0 Å². The summed E-state index contributed by atoms with van der Waals surface area (Å²) in [5.74, 6) is -0.649. The van der Waals surface area contributed by atoms with E-state index in [-0.39, 0.29) is 10.8 Å². The molecule has 4 aromatic carbocycles. The zero-order valence-electron chi connectivity index (χ0n) is 18.0. The maximum absolute atomic E-state index is 15.1. The monoisotopic (exact) mass is 446 g/mol. The highest BCUT2D eigenvalue weighted by atomic mass is 35.5. The zero-order chi connectivity index (χ0) is 22.5. The summed E-state index contributed by atoms with van der Waals surface area (Å²) in [6.45, 7) is 2.04. The fraction of sp³-hybridized carbons (Fsp3) is 0.172. The van der Waals surface area contributed by atoms with Crippen molar-refractivity contribution in [1.82, 2.24) is 0 Å². The Hall–Kier alpha value is -2.97. The largest absolute Gasteiger partial charge is 0.206 e. The zero-order valence-corrected chi connectivity index (χ0v) is 18.8. The Labute approximate surface area is 193 Å². The molecular formula is C29H25ClF2. The summed E-state index contributed by atoms with van der Waals surface area (Å²) in [5.41, 5.74) is 4.93. The summed E-state index contributed by atoms with van der Waals surface area (Å²) in [5, 5.41) is 1.58. The lowest BCUT2D eigenvalue weighted by atomic mass is 9.96. The van der Waals surface area contributed by atoms with Gasteiger partial charge in [-0.1, -0.05) is 78.4 Å². The van der Waals surface area contributed by atoms with Crippen LogP contribution in [0.2, 0.25) is 5.02 Å². The Kier molecular flexibility index (Phi) is 7.02. The fourth-order valence-electron chi connectivity index (χ4n) is 3.96. The number of halogens is 3. The summed E-state index contributed by atoms with van der Waals surface area (Å²) >= 11 is 5.74. The highest BCUT2D eigenvalue weighted by Gasteiger charge is 2.10. The van der Waals surface area contributed by atoms with E-state index in [4.69, 9.17) is 11.6 Å². The quantitative estimate of drug-likeness (QED) is 0.249. The Morgan fingerprint density at radius 3 is 2.25 bits per heavy atom. The minimum Gasteiger partial charge on any atom is -0.206 e. The number of aryl methyl sites for hydroxylation is 3. The van der Waals surface area contributed by atoms with Crippen molar-refractivity contribution in [3.05, 3.63) is 118 Å². The highest BCUT2D eigenvalue weighted by molar-refractivity contribution is 6.30. The second-order valence-corrected chi connectivity index (χ2v) is 8.43. The number of rotatable bonds is 7. The van der Waals surface area contributed by atoms with Crippen LogP contribution < -0.4 is 0 Å². The molecule has 0 unspecified atom stereocenters. The van der Waals surface area contributed by atoms with E-state index in [2.05, 4.69) is 36.4 Å². The van der Waals surface area contributed by atoms with E-state index in [1.807, 2.05) is 37.3 Å². The van der Waals surface area contributed by atoms with Gasteiger partial charge < -0.3 is 0 Å². The third kappa shape index (κ3) is 5.08. The van der Waals surface area contributed by atoms with E-state index in [9.17, 15) is 4.39 Å². The molecule has 162 valence electrons. The van der Waals surface area contributed by atoms with E-state index in [1.165, 1.54) is 11.6 Å². The number of hydrogen-bond donors (Lipinski definition) is 0. The third-order valence-electron chi connectivity index (χ3n) is 5.82. The number of allylic oxidation sites excluding steroid dienone is 2. The average molecular weight is 447 g/mol. The lowest BCUT2D eigenvalue weighted by Crippen LogP contribution is -1.97. The summed E-state index contributed by atoms with van der Waals surface area (Å²) in [6, 6.07) is 23.0. The molecule has 0 fully saturated rings. The van der Waals surface area contributed by atoms with Crippen molar-refractivity contribution in [2.75, 3.05) is 0 Å². The van der Waals surface area contributed by atoms with Crippen molar-refractivity contribution in [2.45, 2.75) is 32.6 Å². The summed E-state index contributed by atoms with van der Waals surface area (Å²) in [4.78, 5) is 0. The van der Waals surface area contributed by atoms with Gasteiger partial charge in [-0.25, -0.2) is 8.78 Å². The third-order valence-corrected chi connectivity index (χ3v) is 6.13. The molecule has 3 heteroatoms. The smallest absolute Gasteiger partial charge is 0.142 e. The molecule has 0 N–H and O–H groups in total. The molecule has 0 nitrogen and oxygen atoms in total. The highest BCUT2D eigenvalue weighted by Crippen LogP contribution is 2.28. The Morgan fingerprint density at radius 1 is 0.750 bits per heavy atom. The topological polar surface area (TPSA) is 0 Å². The second-order valence-electron chi connectivity index (χ2n) is 8.03. The van der Waals surface area contributed by atoms with Gasteiger partial charge in [-0.15, -0.1) is 0 Å². The maximum atomic E-state index is 15.1. The van der Waals surface area contributed by atoms with Crippen LogP contribution in [0.25, 0.3) is 21.9 Å². The first-order valence-corrected chi connectivity index (χ1v) is 11.3. The van der Waals surface area contributed by atoms with Crippen molar-refractivity contribution >= 4 is 22.4 Å². The Morgan fingerprint density at radius 2 is 1.50 bits per heavy atom. The van der Waals surface area contributed by atoms with Gasteiger partial charge in [0.1, 0.15) is 11.6 Å². The SMILES string of the molecule is C/C=C/CCc1ccc(-c2ccc3c(F)c(CCc4ccc(Cl)c(F)c4)ccc3c2)cc1. The van der Waals surface area contributed by atoms with Crippen molar-refractivity contribution in [1.29, 1.82) is 0 Å². The summed E-state index contributed by atoms with van der Waals surface area (Å²) in [6.07, 6.45) is 7.37. The van der Waals surface area contributed by atoms with Gasteiger partial charge in [-0.3, -0.25) is 0 Å².